The van der Waals surface area contributed by atoms with Gasteiger partial charge in [-0.15, -0.1) is 0 Å². The number of benzene rings is 3. The van der Waals surface area contributed by atoms with Crippen molar-refractivity contribution < 1.29 is 0 Å². The predicted molar refractivity (Wildman–Crippen MR) is 78.9 cm³/mol. The van der Waals surface area contributed by atoms with Crippen LogP contribution in [0.1, 0.15) is 0 Å². The van der Waals surface area contributed by atoms with Gasteiger partial charge in [0.05, 0.1) is 0 Å². The quantitative estimate of drug-likeness (QED) is 0.684. The van der Waals surface area contributed by atoms with Crippen LogP contribution in [-0.2, 0) is 0 Å². The van der Waals surface area contributed by atoms with Gasteiger partial charge < -0.3 is 5.32 Å². The van der Waals surface area contributed by atoms with Gasteiger partial charge in [0, 0.05) is 18.1 Å². The molecule has 88 valence electrons. The monoisotopic (exact) mass is 233 g/mol. The first-order valence-electron chi connectivity index (χ1n) is 6.15. The Bertz CT molecular complexity index is 672. The molecule has 3 aromatic carbocycles. The Morgan fingerprint density at radius 2 is 1.33 bits per heavy atom. The third-order valence-electron chi connectivity index (χ3n) is 3.28. The van der Waals surface area contributed by atoms with Crippen molar-refractivity contribution in [2.75, 3.05) is 12.4 Å². The molecule has 0 atom stereocenters. The Morgan fingerprint density at radius 3 is 2.06 bits per heavy atom. The molecule has 0 aromatic heterocycles. The highest BCUT2D eigenvalue weighted by molar-refractivity contribution is 6.03. The van der Waals surface area contributed by atoms with Crippen LogP contribution < -0.4 is 5.32 Å². The van der Waals surface area contributed by atoms with Crippen molar-refractivity contribution in [3.05, 3.63) is 66.7 Å². The lowest BCUT2D eigenvalue weighted by atomic mass is 9.97. The molecule has 0 unspecified atom stereocenters. The highest BCUT2D eigenvalue weighted by Gasteiger charge is 2.05. The zero-order valence-electron chi connectivity index (χ0n) is 10.4. The maximum atomic E-state index is 3.25. The number of rotatable bonds is 2. The van der Waals surface area contributed by atoms with Crippen molar-refractivity contribution in [3.63, 3.8) is 0 Å². The SMILES string of the molecule is CNc1ccc(-c2ccccc2)c2ccccc12. The second kappa shape index (κ2) is 4.53. The van der Waals surface area contributed by atoms with Crippen LogP contribution in [0.4, 0.5) is 5.69 Å². The van der Waals surface area contributed by atoms with E-state index in [4.69, 9.17) is 0 Å². The van der Waals surface area contributed by atoms with Gasteiger partial charge in [0.2, 0.25) is 0 Å². The zero-order valence-corrected chi connectivity index (χ0v) is 10.4. The second-order valence-electron chi connectivity index (χ2n) is 4.32. The summed E-state index contributed by atoms with van der Waals surface area (Å²) in [4.78, 5) is 0. The highest BCUT2D eigenvalue weighted by Crippen LogP contribution is 2.32. The average Bonchev–Trinajstić information content (AvgIpc) is 2.47. The van der Waals surface area contributed by atoms with E-state index in [-0.39, 0.29) is 0 Å². The van der Waals surface area contributed by atoms with Gasteiger partial charge in [0.25, 0.3) is 0 Å². The van der Waals surface area contributed by atoms with Crippen LogP contribution in [0.5, 0.6) is 0 Å². The predicted octanol–water partition coefficient (Wildman–Crippen LogP) is 4.55. The van der Waals surface area contributed by atoms with E-state index in [1.807, 2.05) is 13.1 Å². The summed E-state index contributed by atoms with van der Waals surface area (Å²) < 4.78 is 0. The van der Waals surface area contributed by atoms with E-state index in [2.05, 4.69) is 66.0 Å². The summed E-state index contributed by atoms with van der Waals surface area (Å²) in [6.45, 7) is 0. The summed E-state index contributed by atoms with van der Waals surface area (Å²) in [6.07, 6.45) is 0. The summed E-state index contributed by atoms with van der Waals surface area (Å²) in [6, 6.07) is 23.4. The van der Waals surface area contributed by atoms with E-state index in [1.54, 1.807) is 0 Å². The van der Waals surface area contributed by atoms with Crippen LogP contribution in [0.3, 0.4) is 0 Å². The highest BCUT2D eigenvalue weighted by atomic mass is 14.8. The summed E-state index contributed by atoms with van der Waals surface area (Å²) in [5.41, 5.74) is 3.71. The molecule has 0 amide bonds. The fraction of sp³-hybridized carbons (Fsp3) is 0.0588. The minimum atomic E-state index is 1.17. The molecular weight excluding hydrogens is 218 g/mol. The Morgan fingerprint density at radius 1 is 0.667 bits per heavy atom. The lowest BCUT2D eigenvalue weighted by Gasteiger charge is -2.11. The molecule has 1 N–H and O–H groups in total. The molecule has 0 aliphatic rings. The van der Waals surface area contributed by atoms with E-state index in [0.29, 0.717) is 0 Å². The molecule has 0 radical (unpaired) electrons. The molecule has 0 spiro atoms. The van der Waals surface area contributed by atoms with E-state index in [1.165, 1.54) is 27.6 Å². The lowest BCUT2D eigenvalue weighted by Crippen LogP contribution is -1.90. The van der Waals surface area contributed by atoms with Crippen LogP contribution in [0.25, 0.3) is 21.9 Å². The van der Waals surface area contributed by atoms with Crippen molar-refractivity contribution in [3.8, 4) is 11.1 Å². The van der Waals surface area contributed by atoms with Gasteiger partial charge in [-0.05, 0) is 22.6 Å². The molecule has 0 fully saturated rings. The van der Waals surface area contributed by atoms with Gasteiger partial charge in [-0.3, -0.25) is 0 Å². The summed E-state index contributed by atoms with van der Waals surface area (Å²) in [7, 11) is 1.96. The Labute approximate surface area is 107 Å². The van der Waals surface area contributed by atoms with E-state index < -0.39 is 0 Å². The Balaban J connectivity index is 2.32. The fourth-order valence-electron chi connectivity index (χ4n) is 2.39. The molecule has 0 aliphatic heterocycles. The molecule has 1 nitrogen and oxygen atoms in total. The molecule has 1 heteroatoms. The standard InChI is InChI=1S/C17H15N/c1-18-17-12-11-14(13-7-3-2-4-8-13)15-9-5-6-10-16(15)17/h2-12,18H,1H3. The van der Waals surface area contributed by atoms with Gasteiger partial charge in [-0.1, -0.05) is 60.7 Å². The maximum absolute atomic E-state index is 3.25. The van der Waals surface area contributed by atoms with Crippen molar-refractivity contribution >= 4 is 16.5 Å². The van der Waals surface area contributed by atoms with Gasteiger partial charge in [0.15, 0.2) is 0 Å². The molecular formula is C17H15N. The van der Waals surface area contributed by atoms with Crippen LogP contribution in [0, 0.1) is 0 Å². The van der Waals surface area contributed by atoms with Crippen molar-refractivity contribution in [1.29, 1.82) is 0 Å². The summed E-state index contributed by atoms with van der Waals surface area (Å²) in [5.74, 6) is 0. The largest absolute Gasteiger partial charge is 0.388 e. The summed E-state index contributed by atoms with van der Waals surface area (Å²) in [5, 5.41) is 5.80. The second-order valence-corrected chi connectivity index (χ2v) is 4.32. The third kappa shape index (κ3) is 1.74. The number of nitrogens with one attached hydrogen (secondary N) is 1. The van der Waals surface area contributed by atoms with Gasteiger partial charge in [-0.25, -0.2) is 0 Å². The minimum absolute atomic E-state index is 1.17. The molecule has 3 rings (SSSR count). The van der Waals surface area contributed by atoms with E-state index in [0.717, 1.165) is 0 Å². The number of fused-ring (bicyclic) bond motifs is 1. The number of hydrogen-bond acceptors (Lipinski definition) is 1. The third-order valence-corrected chi connectivity index (χ3v) is 3.28. The normalized spacial score (nSPS) is 10.5. The van der Waals surface area contributed by atoms with E-state index in [9.17, 15) is 0 Å². The number of anilines is 1. The first-order chi connectivity index (χ1) is 8.90. The molecule has 0 saturated heterocycles. The average molecular weight is 233 g/mol. The van der Waals surface area contributed by atoms with Crippen molar-refractivity contribution in [2.24, 2.45) is 0 Å². The van der Waals surface area contributed by atoms with E-state index >= 15 is 0 Å². The zero-order chi connectivity index (χ0) is 12.4. The molecule has 0 aliphatic carbocycles. The van der Waals surface area contributed by atoms with Gasteiger partial charge >= 0.3 is 0 Å². The Hall–Kier alpha value is -2.28. The van der Waals surface area contributed by atoms with Crippen molar-refractivity contribution in [2.45, 2.75) is 0 Å². The van der Waals surface area contributed by atoms with Gasteiger partial charge in [0.1, 0.15) is 0 Å². The molecule has 0 heterocycles. The topological polar surface area (TPSA) is 12.0 Å². The molecule has 3 aromatic rings. The smallest absolute Gasteiger partial charge is 0.0417 e. The minimum Gasteiger partial charge on any atom is -0.388 e. The maximum Gasteiger partial charge on any atom is 0.0417 e. The Kier molecular flexibility index (Phi) is 2.73. The lowest BCUT2D eigenvalue weighted by molar-refractivity contribution is 1.54. The van der Waals surface area contributed by atoms with Crippen LogP contribution in [0.2, 0.25) is 0 Å². The van der Waals surface area contributed by atoms with Gasteiger partial charge in [-0.2, -0.15) is 0 Å². The fourth-order valence-corrected chi connectivity index (χ4v) is 2.39. The molecule has 18 heavy (non-hydrogen) atoms. The van der Waals surface area contributed by atoms with Crippen LogP contribution in [-0.4, -0.2) is 7.05 Å². The first-order valence-corrected chi connectivity index (χ1v) is 6.15. The van der Waals surface area contributed by atoms with Crippen LogP contribution >= 0.6 is 0 Å². The van der Waals surface area contributed by atoms with Crippen molar-refractivity contribution in [1.82, 2.24) is 0 Å². The molecule has 0 bridgehead atoms. The summed E-state index contributed by atoms with van der Waals surface area (Å²) >= 11 is 0. The first kappa shape index (κ1) is 10.8. The number of hydrogen-bond donors (Lipinski definition) is 1. The van der Waals surface area contributed by atoms with Crippen LogP contribution in [0.15, 0.2) is 66.7 Å². The molecule has 0 saturated carbocycles.